The van der Waals surface area contributed by atoms with Gasteiger partial charge in [0.25, 0.3) is 0 Å². The number of rotatable bonds is 5. The number of quaternary nitrogens is 2. The Morgan fingerprint density at radius 3 is 2.50 bits per heavy atom. The standard InChI is InChI=1S/C19H26N2O3/c1-14(2)15-3-4-18-17(11-15)16(12-19(23)24-18)13-21-7-5-20(6-8-21)9-10-22/h3-4,11-12,14,22H,5-10,13H2,1-2H3/p+2. The van der Waals surface area contributed by atoms with E-state index < -0.39 is 0 Å². The van der Waals surface area contributed by atoms with Gasteiger partial charge in [-0.25, -0.2) is 4.79 Å². The Balaban J connectivity index is 1.83. The minimum Gasteiger partial charge on any atom is -0.423 e. The van der Waals surface area contributed by atoms with Crippen molar-refractivity contribution in [1.82, 2.24) is 0 Å². The van der Waals surface area contributed by atoms with Crippen molar-refractivity contribution in [2.24, 2.45) is 0 Å². The van der Waals surface area contributed by atoms with Crippen LogP contribution in [0.2, 0.25) is 0 Å². The summed E-state index contributed by atoms with van der Waals surface area (Å²) in [5.41, 5.74) is 2.78. The SMILES string of the molecule is CC(C)c1ccc2oc(=O)cc(C[NH+]3CC[NH+](CCO)CC3)c2c1. The van der Waals surface area contributed by atoms with Crippen molar-refractivity contribution in [2.75, 3.05) is 39.3 Å². The fraction of sp³-hybridized carbons (Fsp3) is 0.526. The lowest BCUT2D eigenvalue weighted by atomic mass is 9.99. The summed E-state index contributed by atoms with van der Waals surface area (Å²) in [5.74, 6) is 0.451. The molecule has 1 fully saturated rings. The van der Waals surface area contributed by atoms with E-state index >= 15 is 0 Å². The lowest BCUT2D eigenvalue weighted by Gasteiger charge is -2.29. The van der Waals surface area contributed by atoms with Crippen LogP contribution in [0.15, 0.2) is 33.5 Å². The highest BCUT2D eigenvalue weighted by molar-refractivity contribution is 5.80. The minimum absolute atomic E-state index is 0.257. The summed E-state index contributed by atoms with van der Waals surface area (Å²) in [6.07, 6.45) is 0. The van der Waals surface area contributed by atoms with E-state index in [2.05, 4.69) is 19.9 Å². The van der Waals surface area contributed by atoms with Gasteiger partial charge in [0, 0.05) is 17.0 Å². The number of nitrogens with one attached hydrogen (secondary N) is 2. The van der Waals surface area contributed by atoms with Crippen molar-refractivity contribution >= 4 is 11.0 Å². The molecule has 0 saturated carbocycles. The van der Waals surface area contributed by atoms with Crippen molar-refractivity contribution in [1.29, 1.82) is 0 Å². The molecule has 0 unspecified atom stereocenters. The fourth-order valence-electron chi connectivity index (χ4n) is 3.56. The van der Waals surface area contributed by atoms with Gasteiger partial charge in [-0.2, -0.15) is 0 Å². The lowest BCUT2D eigenvalue weighted by molar-refractivity contribution is -1.02. The van der Waals surface area contributed by atoms with Gasteiger partial charge in [-0.1, -0.05) is 19.9 Å². The Hall–Kier alpha value is -1.69. The molecule has 1 aromatic heterocycles. The average Bonchev–Trinajstić information content (AvgIpc) is 2.56. The summed E-state index contributed by atoms with van der Waals surface area (Å²) in [6, 6.07) is 7.80. The molecule has 2 heterocycles. The molecule has 1 aliphatic heterocycles. The first kappa shape index (κ1) is 17.1. The van der Waals surface area contributed by atoms with Gasteiger partial charge < -0.3 is 19.3 Å². The van der Waals surface area contributed by atoms with Gasteiger partial charge in [-0.15, -0.1) is 0 Å². The van der Waals surface area contributed by atoms with E-state index in [0.29, 0.717) is 11.5 Å². The molecule has 5 nitrogen and oxygen atoms in total. The quantitative estimate of drug-likeness (QED) is 0.628. The predicted molar refractivity (Wildman–Crippen MR) is 93.6 cm³/mol. The van der Waals surface area contributed by atoms with Crippen molar-refractivity contribution in [3.63, 3.8) is 0 Å². The van der Waals surface area contributed by atoms with E-state index in [1.54, 1.807) is 6.07 Å². The lowest BCUT2D eigenvalue weighted by Crippen LogP contribution is -3.27. The Bertz CT molecular complexity index is 746. The van der Waals surface area contributed by atoms with Crippen molar-refractivity contribution in [3.8, 4) is 0 Å². The molecule has 0 amide bonds. The third-order valence-electron chi connectivity index (χ3n) is 5.09. The number of hydrogen-bond donors (Lipinski definition) is 3. The number of fused-ring (bicyclic) bond motifs is 1. The molecule has 3 N–H and O–H groups in total. The number of hydrogen-bond acceptors (Lipinski definition) is 3. The highest BCUT2D eigenvalue weighted by atomic mass is 16.4. The van der Waals surface area contributed by atoms with Gasteiger partial charge in [-0.05, 0) is 23.6 Å². The maximum atomic E-state index is 11.9. The van der Waals surface area contributed by atoms with Crippen LogP contribution in [0.3, 0.4) is 0 Å². The van der Waals surface area contributed by atoms with Crippen LogP contribution in [0.4, 0.5) is 0 Å². The highest BCUT2D eigenvalue weighted by Crippen LogP contribution is 2.22. The zero-order valence-corrected chi connectivity index (χ0v) is 14.6. The van der Waals surface area contributed by atoms with Crippen LogP contribution in [0.25, 0.3) is 11.0 Å². The van der Waals surface area contributed by atoms with E-state index in [9.17, 15) is 4.79 Å². The Morgan fingerprint density at radius 1 is 1.12 bits per heavy atom. The molecule has 130 valence electrons. The summed E-state index contributed by atoms with van der Waals surface area (Å²) >= 11 is 0. The Morgan fingerprint density at radius 2 is 1.83 bits per heavy atom. The van der Waals surface area contributed by atoms with Gasteiger partial charge in [0.05, 0.1) is 6.61 Å². The Kier molecular flexibility index (Phi) is 5.33. The summed E-state index contributed by atoms with van der Waals surface area (Å²) in [6.45, 7) is 10.6. The highest BCUT2D eigenvalue weighted by Gasteiger charge is 2.23. The molecule has 0 atom stereocenters. The van der Waals surface area contributed by atoms with E-state index in [-0.39, 0.29) is 12.2 Å². The molecule has 2 aromatic rings. The van der Waals surface area contributed by atoms with Gasteiger partial charge in [0.1, 0.15) is 44.9 Å². The third-order valence-corrected chi connectivity index (χ3v) is 5.09. The predicted octanol–water partition coefficient (Wildman–Crippen LogP) is -0.808. The topological polar surface area (TPSA) is 59.3 Å². The molecule has 3 rings (SSSR count). The van der Waals surface area contributed by atoms with Crippen LogP contribution >= 0.6 is 0 Å². The molecule has 0 bridgehead atoms. The zero-order chi connectivity index (χ0) is 17.1. The summed E-state index contributed by atoms with van der Waals surface area (Å²) in [5, 5.41) is 10.1. The smallest absolute Gasteiger partial charge is 0.336 e. The molecule has 1 aliphatic rings. The second kappa shape index (κ2) is 7.47. The molecule has 1 aromatic carbocycles. The van der Waals surface area contributed by atoms with Crippen LogP contribution in [0, 0.1) is 0 Å². The number of aliphatic hydroxyl groups excluding tert-OH is 1. The average molecular weight is 332 g/mol. The molecular weight excluding hydrogens is 304 g/mol. The van der Waals surface area contributed by atoms with Crippen LogP contribution in [0.5, 0.6) is 0 Å². The van der Waals surface area contributed by atoms with E-state index in [1.807, 2.05) is 12.1 Å². The van der Waals surface area contributed by atoms with E-state index in [4.69, 9.17) is 9.52 Å². The maximum absolute atomic E-state index is 11.9. The van der Waals surface area contributed by atoms with Crippen LogP contribution in [-0.2, 0) is 6.54 Å². The molecule has 24 heavy (non-hydrogen) atoms. The molecule has 1 saturated heterocycles. The Labute approximate surface area is 142 Å². The normalized spacial score (nSPS) is 21.5. The minimum atomic E-state index is -0.265. The molecular formula is C19H28N2O3+2. The van der Waals surface area contributed by atoms with Crippen molar-refractivity contribution in [2.45, 2.75) is 26.3 Å². The summed E-state index contributed by atoms with van der Waals surface area (Å²) in [7, 11) is 0. The number of piperazine rings is 1. The maximum Gasteiger partial charge on any atom is 0.336 e. The van der Waals surface area contributed by atoms with Gasteiger partial charge >= 0.3 is 5.63 Å². The first-order chi connectivity index (χ1) is 11.6. The second-order valence-corrected chi connectivity index (χ2v) is 7.15. The molecule has 0 radical (unpaired) electrons. The van der Waals surface area contributed by atoms with Gasteiger partial charge in [-0.3, -0.25) is 0 Å². The van der Waals surface area contributed by atoms with Gasteiger partial charge in [0.15, 0.2) is 0 Å². The van der Waals surface area contributed by atoms with E-state index in [1.165, 1.54) is 15.4 Å². The van der Waals surface area contributed by atoms with Crippen molar-refractivity contribution < 1.29 is 19.3 Å². The summed E-state index contributed by atoms with van der Waals surface area (Å²) < 4.78 is 5.38. The van der Waals surface area contributed by atoms with E-state index in [0.717, 1.165) is 50.2 Å². The largest absolute Gasteiger partial charge is 0.423 e. The molecule has 0 aliphatic carbocycles. The molecule has 0 spiro atoms. The van der Waals surface area contributed by atoms with Gasteiger partial charge in [0.2, 0.25) is 0 Å². The fourth-order valence-corrected chi connectivity index (χ4v) is 3.56. The molecule has 5 heteroatoms. The van der Waals surface area contributed by atoms with Crippen molar-refractivity contribution in [3.05, 3.63) is 45.8 Å². The first-order valence-corrected chi connectivity index (χ1v) is 8.91. The van der Waals surface area contributed by atoms with Crippen LogP contribution in [0.1, 0.15) is 30.9 Å². The number of benzene rings is 1. The monoisotopic (exact) mass is 332 g/mol. The number of aliphatic hydroxyl groups is 1. The summed E-state index contributed by atoms with van der Waals surface area (Å²) in [4.78, 5) is 14.9. The third kappa shape index (κ3) is 3.86. The zero-order valence-electron chi connectivity index (χ0n) is 14.6. The van der Waals surface area contributed by atoms with Crippen LogP contribution < -0.4 is 15.4 Å². The van der Waals surface area contributed by atoms with Crippen LogP contribution in [-0.4, -0.2) is 44.4 Å². The second-order valence-electron chi connectivity index (χ2n) is 7.15. The first-order valence-electron chi connectivity index (χ1n) is 8.91.